The van der Waals surface area contributed by atoms with Crippen LogP contribution in [0.5, 0.6) is 0 Å². The Labute approximate surface area is 524 Å². The van der Waals surface area contributed by atoms with Gasteiger partial charge < -0.3 is 28.4 Å². The van der Waals surface area contributed by atoms with Gasteiger partial charge in [0.05, 0.1) is 33.5 Å². The lowest BCUT2D eigenvalue weighted by Crippen LogP contribution is -2.61. The molecule has 0 saturated carbocycles. The number of para-hydroxylation sites is 2. The highest BCUT2D eigenvalue weighted by Gasteiger charge is 2.46. The lowest BCUT2D eigenvalue weighted by molar-refractivity contribution is 0.590. The number of furan rings is 2. The van der Waals surface area contributed by atoms with Crippen LogP contribution < -0.4 is 36.0 Å². The first kappa shape index (κ1) is 55.8. The number of nitrogens with zero attached hydrogens (tertiary/aromatic N) is 4. The van der Waals surface area contributed by atoms with Crippen molar-refractivity contribution in [3.63, 3.8) is 0 Å². The summed E-state index contributed by atoms with van der Waals surface area (Å²) in [5.74, 6) is 0. The maximum atomic E-state index is 7.13. The van der Waals surface area contributed by atoms with Crippen LogP contribution in [0.25, 0.3) is 43.9 Å². The zero-order chi connectivity index (χ0) is 61.6. The van der Waals surface area contributed by atoms with Crippen molar-refractivity contribution >= 4 is 135 Å². The number of benzene rings is 11. The predicted octanol–water partition coefficient (Wildman–Crippen LogP) is 21.6. The van der Waals surface area contributed by atoms with Crippen molar-refractivity contribution in [2.45, 2.75) is 106 Å². The molecule has 0 saturated heterocycles. The van der Waals surface area contributed by atoms with Crippen LogP contribution in [-0.2, 0) is 16.2 Å². The van der Waals surface area contributed by atoms with Gasteiger partial charge in [-0.05, 0) is 174 Å². The largest absolute Gasteiger partial charge is 0.456 e. The molecule has 0 bridgehead atoms. The smallest absolute Gasteiger partial charge is 0.252 e. The number of anilines is 12. The van der Waals surface area contributed by atoms with Crippen molar-refractivity contribution < 1.29 is 8.83 Å². The van der Waals surface area contributed by atoms with E-state index in [1.54, 1.807) is 0 Å². The van der Waals surface area contributed by atoms with Gasteiger partial charge in [-0.3, -0.25) is 0 Å². The van der Waals surface area contributed by atoms with Gasteiger partial charge in [-0.25, -0.2) is 0 Å². The molecule has 89 heavy (non-hydrogen) atoms. The van der Waals surface area contributed by atoms with Crippen molar-refractivity contribution in [3.8, 4) is 0 Å². The Kier molecular flexibility index (Phi) is 12.8. The normalized spacial score (nSPS) is 13.2. The minimum atomic E-state index is -0.270. The number of rotatable bonds is 8. The van der Waals surface area contributed by atoms with E-state index >= 15 is 0 Å². The van der Waals surface area contributed by atoms with Gasteiger partial charge in [-0.2, -0.15) is 0 Å². The van der Waals surface area contributed by atoms with Crippen molar-refractivity contribution in [1.29, 1.82) is 0 Å². The second kappa shape index (κ2) is 20.4. The maximum absolute atomic E-state index is 7.13. The minimum absolute atomic E-state index is 0.141. The number of fused-ring (bicyclic) bond motifs is 10. The number of aryl methyl sites for hydroxylation is 4. The molecule has 0 aliphatic carbocycles. The maximum Gasteiger partial charge on any atom is 0.252 e. The van der Waals surface area contributed by atoms with Crippen LogP contribution in [0.3, 0.4) is 0 Å². The Morgan fingerprint density at radius 2 is 0.663 bits per heavy atom. The van der Waals surface area contributed by atoms with Crippen LogP contribution in [0.15, 0.2) is 227 Å². The molecule has 0 amide bonds. The van der Waals surface area contributed by atoms with Crippen LogP contribution in [0, 0.1) is 27.7 Å². The van der Waals surface area contributed by atoms with Gasteiger partial charge in [-0.15, -0.1) is 0 Å². The summed E-state index contributed by atoms with van der Waals surface area (Å²) in [4.78, 5) is 10.0. The summed E-state index contributed by atoms with van der Waals surface area (Å²) in [6.07, 6.45) is 0. The monoisotopic (exact) mass is 1160 g/mol. The molecule has 0 N–H and O–H groups in total. The highest BCUT2D eigenvalue weighted by molar-refractivity contribution is 7.00. The van der Waals surface area contributed by atoms with Gasteiger partial charge >= 0.3 is 0 Å². The van der Waals surface area contributed by atoms with Crippen LogP contribution in [0.1, 0.15) is 101 Å². The Bertz CT molecular complexity index is 4560. The number of hydrogen-bond donors (Lipinski definition) is 0. The summed E-state index contributed by atoms with van der Waals surface area (Å²) in [6, 6.07) is 81.9. The quantitative estimate of drug-likeness (QED) is 0.141. The van der Waals surface area contributed by atoms with Gasteiger partial charge in [0.25, 0.3) is 6.71 Å². The molecule has 0 atom stereocenters. The molecule has 11 aromatic carbocycles. The molecule has 2 aliphatic rings. The fourth-order valence-corrected chi connectivity index (χ4v) is 13.8. The highest BCUT2D eigenvalue weighted by atomic mass is 16.3. The minimum Gasteiger partial charge on any atom is -0.456 e. The van der Waals surface area contributed by atoms with Crippen LogP contribution in [0.4, 0.5) is 68.2 Å². The lowest BCUT2D eigenvalue weighted by Gasteiger charge is -2.46. The lowest BCUT2D eigenvalue weighted by atomic mass is 9.33. The SMILES string of the molecule is Cc1ccc(N(c2ccc(C)cc2)c2cc(N3c4ccc(C(C)(C)C)cc4B4c5cc(C(C)(C)C)ccc5N(c5cc(N(c6ccc(C)cc6)c6ccc(C)cc6)c6c(c5)oc5ccccc56)c5cc(C(C)(C)C)cc3c54)cc3oc4ccccc4c23)cc1. The van der Waals surface area contributed by atoms with E-state index in [-0.39, 0.29) is 23.0 Å². The van der Waals surface area contributed by atoms with E-state index in [1.165, 1.54) is 55.3 Å². The van der Waals surface area contributed by atoms with E-state index in [1.807, 2.05) is 0 Å². The summed E-state index contributed by atoms with van der Waals surface area (Å²) in [5, 5.41) is 4.26. The van der Waals surface area contributed by atoms with E-state index < -0.39 is 0 Å². The van der Waals surface area contributed by atoms with Gasteiger partial charge in [0.1, 0.15) is 22.3 Å². The van der Waals surface area contributed by atoms with Crippen molar-refractivity contribution in [1.82, 2.24) is 0 Å². The fourth-order valence-electron chi connectivity index (χ4n) is 13.8. The van der Waals surface area contributed by atoms with Crippen molar-refractivity contribution in [2.75, 3.05) is 19.6 Å². The molecular weight excluding hydrogens is 1080 g/mol. The molecule has 15 rings (SSSR count). The second-order valence-corrected chi connectivity index (χ2v) is 28.2. The highest BCUT2D eigenvalue weighted by Crippen LogP contribution is 2.53. The van der Waals surface area contributed by atoms with Gasteiger partial charge in [0.15, 0.2) is 0 Å². The molecule has 2 aliphatic heterocycles. The molecule has 6 nitrogen and oxygen atoms in total. The average molecular weight is 1160 g/mol. The van der Waals surface area contributed by atoms with E-state index in [0.29, 0.717) is 0 Å². The zero-order valence-electron chi connectivity index (χ0n) is 53.5. The standard InChI is InChI=1S/C82H75BN4O2/c1-50-22-32-57(33-23-50)84(58-34-24-51(2)25-35-58)69-46-61(48-75-77(69)63-18-14-16-20-73(63)88-75)86-67-40-30-54(80(5,6)7)42-65(67)83-66-43-55(81(8,9)10)31-41-68(66)87(72-45-56(82(11,12)13)44-71(86)79(72)83)62-47-70(78-64-19-15-17-21-74(64)89-76(78)49-62)85(59-36-26-52(3)27-37-59)60-38-28-53(4)29-39-60/h14-49H,1-13H3. The molecular formula is C82H75BN4O2. The van der Waals surface area contributed by atoms with Gasteiger partial charge in [0, 0.05) is 68.4 Å². The Morgan fingerprint density at radius 1 is 0.326 bits per heavy atom. The van der Waals surface area contributed by atoms with Crippen molar-refractivity contribution in [3.05, 3.63) is 257 Å². The second-order valence-electron chi connectivity index (χ2n) is 28.2. The molecule has 0 spiro atoms. The third-order valence-corrected chi connectivity index (χ3v) is 18.7. The summed E-state index contributed by atoms with van der Waals surface area (Å²) in [7, 11) is 0. The Balaban J connectivity index is 1.07. The van der Waals surface area contributed by atoms with Crippen LogP contribution in [-0.4, -0.2) is 6.71 Å². The van der Waals surface area contributed by atoms with Gasteiger partial charge in [-0.1, -0.05) is 194 Å². The summed E-state index contributed by atoms with van der Waals surface area (Å²) in [5.41, 5.74) is 28.1. The first-order valence-electron chi connectivity index (χ1n) is 31.5. The van der Waals surface area contributed by atoms with E-state index in [0.717, 1.165) is 112 Å². The first-order chi connectivity index (χ1) is 42.6. The molecule has 0 radical (unpaired) electrons. The Morgan fingerprint density at radius 3 is 1.00 bits per heavy atom. The summed E-state index contributed by atoms with van der Waals surface area (Å²) >= 11 is 0. The van der Waals surface area contributed by atoms with E-state index in [2.05, 4.69) is 328 Å². The topological polar surface area (TPSA) is 39.2 Å². The van der Waals surface area contributed by atoms with Gasteiger partial charge in [0.2, 0.25) is 0 Å². The van der Waals surface area contributed by atoms with E-state index in [9.17, 15) is 0 Å². The predicted molar refractivity (Wildman–Crippen MR) is 379 cm³/mol. The van der Waals surface area contributed by atoms with Crippen molar-refractivity contribution in [2.24, 2.45) is 0 Å². The molecule has 438 valence electrons. The van der Waals surface area contributed by atoms with Crippen LogP contribution >= 0.6 is 0 Å². The third kappa shape index (κ3) is 9.39. The molecule has 13 aromatic rings. The molecule has 0 unspecified atom stereocenters. The van der Waals surface area contributed by atoms with E-state index in [4.69, 9.17) is 8.83 Å². The summed E-state index contributed by atoms with van der Waals surface area (Å²) < 4.78 is 14.3. The van der Waals surface area contributed by atoms with Crippen LogP contribution in [0.2, 0.25) is 0 Å². The average Bonchev–Trinajstić information content (AvgIpc) is 0.758. The molecule has 0 fully saturated rings. The first-order valence-corrected chi connectivity index (χ1v) is 31.5. The number of hydrogen-bond acceptors (Lipinski definition) is 6. The summed E-state index contributed by atoms with van der Waals surface area (Å²) in [6.45, 7) is 29.6. The molecule has 2 aromatic heterocycles. The Hall–Kier alpha value is -9.72. The fraction of sp³-hybridized carbons (Fsp3) is 0.195. The third-order valence-electron chi connectivity index (χ3n) is 18.7. The zero-order valence-corrected chi connectivity index (χ0v) is 53.5. The molecule has 7 heteroatoms. The molecule has 4 heterocycles.